The molecule has 0 amide bonds. The number of hydrogen-bond acceptors (Lipinski definition) is 2. The lowest BCUT2D eigenvalue weighted by Gasteiger charge is -2.35. The molecule has 35 heavy (non-hydrogen) atoms. The first-order valence-electron chi connectivity index (χ1n) is 12.9. The summed E-state index contributed by atoms with van der Waals surface area (Å²) in [5.41, 5.74) is 3.74. The van der Waals surface area contributed by atoms with Crippen LogP contribution in [0.4, 0.5) is 0 Å². The minimum absolute atomic E-state index is 0.369. The van der Waals surface area contributed by atoms with Crippen molar-refractivity contribution >= 4 is 18.2 Å². The Bertz CT molecular complexity index is 997. The van der Waals surface area contributed by atoms with E-state index in [0.717, 1.165) is 25.9 Å². The molecule has 1 aliphatic carbocycles. The summed E-state index contributed by atoms with van der Waals surface area (Å²) in [6, 6.07) is 32.1. The van der Waals surface area contributed by atoms with Crippen molar-refractivity contribution in [3.05, 3.63) is 126 Å². The molecule has 1 saturated carbocycles. The standard InChI is InChI=1S/C33H37NO/c1-4-13-29(14-5-1)19-10-26-34(27-11-20-30-15-6-2-7-16-30)32-22-24-33(25-23-32)35-28-12-21-31-17-8-3-9-18-31/h1-21,32-33H,22-28H2/b19-10+,20-11+,21-12+. The maximum atomic E-state index is 6.18. The Hall–Kier alpha value is -3.20. The first-order chi connectivity index (χ1) is 17.4. The van der Waals surface area contributed by atoms with Crippen molar-refractivity contribution < 1.29 is 4.74 Å². The highest BCUT2D eigenvalue weighted by molar-refractivity contribution is 5.50. The van der Waals surface area contributed by atoms with Crippen molar-refractivity contribution in [1.29, 1.82) is 0 Å². The predicted molar refractivity (Wildman–Crippen MR) is 150 cm³/mol. The molecule has 3 aromatic rings. The molecule has 0 bridgehead atoms. The number of rotatable bonds is 11. The van der Waals surface area contributed by atoms with E-state index in [-0.39, 0.29) is 0 Å². The third-order valence-corrected chi connectivity index (χ3v) is 6.60. The molecule has 180 valence electrons. The highest BCUT2D eigenvalue weighted by Crippen LogP contribution is 2.25. The summed E-state index contributed by atoms with van der Waals surface area (Å²) >= 11 is 0. The van der Waals surface area contributed by atoms with Crippen molar-refractivity contribution in [1.82, 2.24) is 4.90 Å². The highest BCUT2D eigenvalue weighted by atomic mass is 16.5. The number of hydrogen-bond donors (Lipinski definition) is 0. The van der Waals surface area contributed by atoms with E-state index in [2.05, 4.69) is 126 Å². The monoisotopic (exact) mass is 463 g/mol. The molecule has 2 heteroatoms. The van der Waals surface area contributed by atoms with E-state index in [9.17, 15) is 0 Å². The third kappa shape index (κ3) is 8.83. The van der Waals surface area contributed by atoms with Crippen LogP contribution in [-0.4, -0.2) is 36.7 Å². The first kappa shape index (κ1) is 24.9. The average Bonchev–Trinajstić information content (AvgIpc) is 2.92. The van der Waals surface area contributed by atoms with E-state index in [4.69, 9.17) is 4.74 Å². The summed E-state index contributed by atoms with van der Waals surface area (Å²) in [6.07, 6.45) is 18.4. The Morgan fingerprint density at radius 1 is 0.571 bits per heavy atom. The minimum atomic E-state index is 0.369. The van der Waals surface area contributed by atoms with Gasteiger partial charge in [-0.1, -0.05) is 127 Å². The van der Waals surface area contributed by atoms with Crippen LogP contribution >= 0.6 is 0 Å². The molecule has 3 aromatic carbocycles. The number of benzene rings is 3. The Labute approximate surface area is 211 Å². The van der Waals surface area contributed by atoms with Crippen molar-refractivity contribution in [2.24, 2.45) is 0 Å². The highest BCUT2D eigenvalue weighted by Gasteiger charge is 2.25. The van der Waals surface area contributed by atoms with E-state index >= 15 is 0 Å². The van der Waals surface area contributed by atoms with Gasteiger partial charge in [0.25, 0.3) is 0 Å². The van der Waals surface area contributed by atoms with Crippen LogP contribution < -0.4 is 0 Å². The fourth-order valence-corrected chi connectivity index (χ4v) is 4.67. The van der Waals surface area contributed by atoms with Crippen molar-refractivity contribution in [3.63, 3.8) is 0 Å². The average molecular weight is 464 g/mol. The van der Waals surface area contributed by atoms with Gasteiger partial charge in [-0.05, 0) is 42.4 Å². The van der Waals surface area contributed by atoms with Crippen LogP contribution in [0, 0.1) is 0 Å². The number of nitrogens with zero attached hydrogens (tertiary/aromatic N) is 1. The second-order valence-corrected chi connectivity index (χ2v) is 9.16. The van der Waals surface area contributed by atoms with Crippen LogP contribution in [0.1, 0.15) is 42.4 Å². The van der Waals surface area contributed by atoms with Crippen LogP contribution in [0.5, 0.6) is 0 Å². The van der Waals surface area contributed by atoms with Gasteiger partial charge in [0.15, 0.2) is 0 Å². The molecule has 0 heterocycles. The molecule has 4 rings (SSSR count). The second-order valence-electron chi connectivity index (χ2n) is 9.16. The molecular formula is C33H37NO. The van der Waals surface area contributed by atoms with Gasteiger partial charge >= 0.3 is 0 Å². The molecule has 0 radical (unpaired) electrons. The summed E-state index contributed by atoms with van der Waals surface area (Å²) in [6.45, 7) is 2.61. The fraction of sp³-hybridized carbons (Fsp3) is 0.273. The Morgan fingerprint density at radius 2 is 1.00 bits per heavy atom. The lowest BCUT2D eigenvalue weighted by Crippen LogP contribution is -2.39. The van der Waals surface area contributed by atoms with Gasteiger partial charge in [0.05, 0.1) is 12.7 Å². The molecule has 0 aliphatic heterocycles. The van der Waals surface area contributed by atoms with Crippen LogP contribution in [0.25, 0.3) is 18.2 Å². The normalized spacial score (nSPS) is 18.8. The molecule has 0 aromatic heterocycles. The Balaban J connectivity index is 1.28. The molecule has 0 N–H and O–H groups in total. The van der Waals surface area contributed by atoms with E-state index in [1.165, 1.54) is 29.5 Å². The smallest absolute Gasteiger partial charge is 0.0654 e. The summed E-state index contributed by atoms with van der Waals surface area (Å²) in [4.78, 5) is 2.62. The fourth-order valence-electron chi connectivity index (χ4n) is 4.67. The Kier molecular flexibility index (Phi) is 10.1. The molecule has 0 unspecified atom stereocenters. The topological polar surface area (TPSA) is 12.5 Å². The van der Waals surface area contributed by atoms with E-state index in [1.807, 2.05) is 6.07 Å². The van der Waals surface area contributed by atoms with Crippen LogP contribution in [0.2, 0.25) is 0 Å². The predicted octanol–water partition coefficient (Wildman–Crippen LogP) is 7.76. The van der Waals surface area contributed by atoms with Gasteiger partial charge in [-0.25, -0.2) is 0 Å². The maximum Gasteiger partial charge on any atom is 0.0654 e. The Morgan fingerprint density at radius 3 is 1.46 bits per heavy atom. The second kappa shape index (κ2) is 14.3. The lowest BCUT2D eigenvalue weighted by molar-refractivity contribution is 0.0248. The van der Waals surface area contributed by atoms with Crippen LogP contribution in [-0.2, 0) is 4.74 Å². The molecule has 0 spiro atoms. The SMILES string of the molecule is C(=C\c1ccccc1)/COC1CCC(N(C/C=C/c2ccccc2)C/C=C/c2ccccc2)CC1. The molecular weight excluding hydrogens is 426 g/mol. The van der Waals surface area contributed by atoms with Gasteiger partial charge in [0, 0.05) is 19.1 Å². The van der Waals surface area contributed by atoms with Crippen molar-refractivity contribution in [3.8, 4) is 0 Å². The summed E-state index contributed by atoms with van der Waals surface area (Å²) in [5.74, 6) is 0. The lowest BCUT2D eigenvalue weighted by atomic mass is 9.91. The van der Waals surface area contributed by atoms with E-state index < -0.39 is 0 Å². The zero-order valence-corrected chi connectivity index (χ0v) is 20.6. The molecule has 0 atom stereocenters. The summed E-state index contributed by atoms with van der Waals surface area (Å²) < 4.78 is 6.18. The van der Waals surface area contributed by atoms with Crippen molar-refractivity contribution in [2.75, 3.05) is 19.7 Å². The van der Waals surface area contributed by atoms with E-state index in [1.54, 1.807) is 0 Å². The van der Waals surface area contributed by atoms with Crippen LogP contribution in [0.3, 0.4) is 0 Å². The van der Waals surface area contributed by atoms with Gasteiger partial charge < -0.3 is 4.74 Å². The molecule has 0 saturated heterocycles. The zero-order valence-electron chi connectivity index (χ0n) is 20.6. The third-order valence-electron chi connectivity index (χ3n) is 6.60. The van der Waals surface area contributed by atoms with Gasteiger partial charge in [-0.3, -0.25) is 4.90 Å². The largest absolute Gasteiger partial charge is 0.374 e. The zero-order chi connectivity index (χ0) is 24.0. The van der Waals surface area contributed by atoms with Gasteiger partial charge in [0.1, 0.15) is 0 Å². The first-order valence-corrected chi connectivity index (χ1v) is 12.9. The summed E-state index contributed by atoms with van der Waals surface area (Å²) in [5, 5.41) is 0. The molecule has 1 aliphatic rings. The molecule has 1 fully saturated rings. The van der Waals surface area contributed by atoms with E-state index in [0.29, 0.717) is 18.8 Å². The minimum Gasteiger partial charge on any atom is -0.374 e. The van der Waals surface area contributed by atoms with Gasteiger partial charge in [-0.15, -0.1) is 0 Å². The summed E-state index contributed by atoms with van der Waals surface area (Å²) in [7, 11) is 0. The quantitative estimate of drug-likeness (QED) is 0.288. The molecule has 2 nitrogen and oxygen atoms in total. The van der Waals surface area contributed by atoms with Crippen molar-refractivity contribution in [2.45, 2.75) is 37.8 Å². The van der Waals surface area contributed by atoms with Crippen LogP contribution in [0.15, 0.2) is 109 Å². The van der Waals surface area contributed by atoms with Gasteiger partial charge in [0.2, 0.25) is 0 Å². The van der Waals surface area contributed by atoms with Gasteiger partial charge in [-0.2, -0.15) is 0 Å². The number of ether oxygens (including phenoxy) is 1. The maximum absolute atomic E-state index is 6.18.